The molecule has 0 unspecified atom stereocenters. The number of fused-ring (bicyclic) bond motifs is 1. The monoisotopic (exact) mass is 351 g/mol. The summed E-state index contributed by atoms with van der Waals surface area (Å²) in [6, 6.07) is 16.1. The number of nitrogens with zero attached hydrogens (tertiary/aromatic N) is 3. The summed E-state index contributed by atoms with van der Waals surface area (Å²) in [4.78, 5) is 4.34. The average Bonchev–Trinajstić information content (AvgIpc) is 3.07. The van der Waals surface area contributed by atoms with Crippen LogP contribution in [0, 0.1) is 0 Å². The van der Waals surface area contributed by atoms with Crippen LogP contribution in [0.25, 0.3) is 0 Å². The number of nitrogens with one attached hydrogen (secondary N) is 1. The highest BCUT2D eigenvalue weighted by Crippen LogP contribution is 2.39. The number of hydrogen-bond acceptors (Lipinski definition) is 6. The van der Waals surface area contributed by atoms with Crippen LogP contribution >= 0.6 is 0 Å². The number of ether oxygens (including phenoxy) is 2. The maximum atomic E-state index is 5.86. The fourth-order valence-corrected chi connectivity index (χ4v) is 3.40. The molecule has 0 saturated heterocycles. The van der Waals surface area contributed by atoms with Gasteiger partial charge in [0.05, 0.1) is 26.3 Å². The lowest BCUT2D eigenvalue weighted by molar-refractivity contribution is 0.404. The van der Waals surface area contributed by atoms with Crippen LogP contribution in [0.15, 0.2) is 48.5 Å². The number of methoxy groups -OCH3 is 2. The van der Waals surface area contributed by atoms with E-state index in [9.17, 15) is 0 Å². The zero-order valence-corrected chi connectivity index (χ0v) is 14.7. The van der Waals surface area contributed by atoms with Crippen molar-refractivity contribution in [1.29, 1.82) is 0 Å². The minimum Gasteiger partial charge on any atom is -0.497 e. The van der Waals surface area contributed by atoms with E-state index in [-0.39, 0.29) is 18.0 Å². The third-order valence-corrected chi connectivity index (χ3v) is 4.68. The van der Waals surface area contributed by atoms with Crippen molar-refractivity contribution in [3.05, 3.63) is 59.7 Å². The topological polar surface area (TPSA) is 87.2 Å². The predicted octanol–water partition coefficient (Wildman–Crippen LogP) is 3.02. The fourth-order valence-electron chi connectivity index (χ4n) is 3.40. The Labute approximate surface area is 151 Å². The molecule has 0 saturated carbocycles. The molecular formula is C19H21N5O2. The van der Waals surface area contributed by atoms with Crippen LogP contribution < -0.4 is 20.5 Å². The first-order valence-electron chi connectivity index (χ1n) is 8.44. The minimum atomic E-state index is 0.00218. The second-order valence-electron chi connectivity index (χ2n) is 6.24. The Balaban J connectivity index is 1.75. The summed E-state index contributed by atoms with van der Waals surface area (Å²) in [5.41, 5.74) is 8.09. The van der Waals surface area contributed by atoms with Gasteiger partial charge in [0, 0.05) is 0 Å². The van der Waals surface area contributed by atoms with Gasteiger partial charge in [0.25, 0.3) is 0 Å². The molecule has 1 aliphatic heterocycles. The normalized spacial score (nSPS) is 18.7. The summed E-state index contributed by atoms with van der Waals surface area (Å²) in [7, 11) is 3.34. The molecule has 1 aromatic heterocycles. The van der Waals surface area contributed by atoms with E-state index in [1.165, 1.54) is 0 Å². The predicted molar refractivity (Wildman–Crippen MR) is 99.5 cm³/mol. The number of rotatable bonds is 4. The number of nitrogen functional groups attached to an aromatic ring is 1. The van der Waals surface area contributed by atoms with E-state index >= 15 is 0 Å². The van der Waals surface area contributed by atoms with Crippen molar-refractivity contribution in [3.8, 4) is 11.5 Å². The van der Waals surface area contributed by atoms with E-state index in [0.717, 1.165) is 29.0 Å². The van der Waals surface area contributed by atoms with Crippen molar-refractivity contribution in [2.24, 2.45) is 0 Å². The molecule has 0 fully saturated rings. The molecule has 2 aromatic carbocycles. The van der Waals surface area contributed by atoms with Crippen molar-refractivity contribution < 1.29 is 9.47 Å². The molecule has 26 heavy (non-hydrogen) atoms. The maximum absolute atomic E-state index is 5.86. The Morgan fingerprint density at radius 1 is 1.04 bits per heavy atom. The summed E-state index contributed by atoms with van der Waals surface area (Å²) in [6.45, 7) is 0. The van der Waals surface area contributed by atoms with Gasteiger partial charge in [-0.2, -0.15) is 4.98 Å². The largest absolute Gasteiger partial charge is 0.497 e. The molecule has 0 amide bonds. The second-order valence-corrected chi connectivity index (χ2v) is 6.24. The molecule has 0 spiro atoms. The SMILES string of the molecule is COc1cccc([C@@H]2C[C@H](c3cccc(OC)c3)n3nc(N)nc3N2)c1. The Morgan fingerprint density at radius 2 is 1.69 bits per heavy atom. The zero-order valence-electron chi connectivity index (χ0n) is 14.7. The molecule has 1 aliphatic rings. The van der Waals surface area contributed by atoms with E-state index < -0.39 is 0 Å². The van der Waals surface area contributed by atoms with Crippen molar-refractivity contribution in [2.45, 2.75) is 18.5 Å². The quantitative estimate of drug-likeness (QED) is 0.751. The molecule has 7 heteroatoms. The van der Waals surface area contributed by atoms with Crippen LogP contribution in [0.2, 0.25) is 0 Å². The summed E-state index contributed by atoms with van der Waals surface area (Å²) >= 11 is 0. The zero-order chi connectivity index (χ0) is 18.1. The lowest BCUT2D eigenvalue weighted by Gasteiger charge is -2.32. The van der Waals surface area contributed by atoms with Gasteiger partial charge in [-0.25, -0.2) is 4.68 Å². The lowest BCUT2D eigenvalue weighted by atomic mass is 9.93. The van der Waals surface area contributed by atoms with Crippen LogP contribution in [0.1, 0.15) is 29.6 Å². The summed E-state index contributed by atoms with van der Waals surface area (Å²) in [5, 5.41) is 7.82. The molecule has 0 radical (unpaired) electrons. The number of aromatic nitrogens is 3. The highest BCUT2D eigenvalue weighted by Gasteiger charge is 2.31. The Kier molecular flexibility index (Phi) is 4.12. The van der Waals surface area contributed by atoms with Gasteiger partial charge < -0.3 is 20.5 Å². The first-order valence-corrected chi connectivity index (χ1v) is 8.44. The third-order valence-electron chi connectivity index (χ3n) is 4.68. The molecular weight excluding hydrogens is 330 g/mol. The van der Waals surface area contributed by atoms with Gasteiger partial charge >= 0.3 is 0 Å². The molecule has 134 valence electrons. The van der Waals surface area contributed by atoms with Crippen LogP contribution in [-0.4, -0.2) is 29.0 Å². The van der Waals surface area contributed by atoms with Crippen molar-refractivity contribution >= 4 is 11.9 Å². The van der Waals surface area contributed by atoms with Gasteiger partial charge in [0.15, 0.2) is 0 Å². The number of benzene rings is 2. The molecule has 3 aromatic rings. The first kappa shape index (κ1) is 16.3. The van der Waals surface area contributed by atoms with Crippen LogP contribution in [-0.2, 0) is 0 Å². The summed E-state index contributed by atoms with van der Waals surface area (Å²) in [5.74, 6) is 2.56. The van der Waals surface area contributed by atoms with Crippen molar-refractivity contribution in [3.63, 3.8) is 0 Å². The molecule has 7 nitrogen and oxygen atoms in total. The molecule has 4 rings (SSSR count). The first-order chi connectivity index (χ1) is 12.7. The number of anilines is 2. The van der Waals surface area contributed by atoms with Gasteiger partial charge in [-0.1, -0.05) is 24.3 Å². The molecule has 0 aliphatic carbocycles. The summed E-state index contributed by atoms with van der Waals surface area (Å²) < 4.78 is 12.6. The van der Waals surface area contributed by atoms with Crippen molar-refractivity contribution in [1.82, 2.24) is 14.8 Å². The summed E-state index contributed by atoms with van der Waals surface area (Å²) in [6.07, 6.45) is 0.802. The molecule has 2 atom stereocenters. The maximum Gasteiger partial charge on any atom is 0.241 e. The second kappa shape index (κ2) is 6.59. The van der Waals surface area contributed by atoms with Gasteiger partial charge in [-0.3, -0.25) is 0 Å². The third kappa shape index (κ3) is 2.92. The molecule has 2 heterocycles. The van der Waals surface area contributed by atoms with E-state index in [1.807, 2.05) is 41.1 Å². The number of hydrogen-bond donors (Lipinski definition) is 2. The number of nitrogens with two attached hydrogens (primary N) is 1. The Hall–Kier alpha value is -3.22. The fraction of sp³-hybridized carbons (Fsp3) is 0.263. The van der Waals surface area contributed by atoms with E-state index in [0.29, 0.717) is 5.95 Å². The van der Waals surface area contributed by atoms with Gasteiger partial charge in [-0.15, -0.1) is 5.10 Å². The molecule has 3 N–H and O–H groups in total. The van der Waals surface area contributed by atoms with Crippen LogP contribution in [0.4, 0.5) is 11.9 Å². The Morgan fingerprint density at radius 3 is 2.38 bits per heavy atom. The molecule has 0 bridgehead atoms. The Bertz CT molecular complexity index is 924. The van der Waals surface area contributed by atoms with Gasteiger partial charge in [-0.05, 0) is 41.8 Å². The highest BCUT2D eigenvalue weighted by molar-refractivity contribution is 5.43. The smallest absolute Gasteiger partial charge is 0.241 e. The van der Waals surface area contributed by atoms with Crippen LogP contribution in [0.3, 0.4) is 0 Å². The average molecular weight is 351 g/mol. The van der Waals surface area contributed by atoms with E-state index in [2.05, 4.69) is 27.5 Å². The van der Waals surface area contributed by atoms with Crippen LogP contribution in [0.5, 0.6) is 11.5 Å². The van der Waals surface area contributed by atoms with E-state index in [4.69, 9.17) is 15.2 Å². The van der Waals surface area contributed by atoms with Gasteiger partial charge in [0.2, 0.25) is 11.9 Å². The lowest BCUT2D eigenvalue weighted by Crippen LogP contribution is -2.28. The highest BCUT2D eigenvalue weighted by atomic mass is 16.5. The van der Waals surface area contributed by atoms with Gasteiger partial charge in [0.1, 0.15) is 11.5 Å². The minimum absolute atomic E-state index is 0.00218. The van der Waals surface area contributed by atoms with E-state index in [1.54, 1.807) is 14.2 Å². The standard InChI is InChI=1S/C19H21N5O2/c1-25-14-7-3-5-12(9-14)16-11-17(13-6-4-8-15(10-13)26-2)24-19(21-16)22-18(20)23-24/h3-10,16-17H,11H2,1-2H3,(H3,20,21,22,23)/t16-,17+/m0/s1. The van der Waals surface area contributed by atoms with Crippen molar-refractivity contribution in [2.75, 3.05) is 25.3 Å².